The molecule has 3 rings (SSSR count). The lowest BCUT2D eigenvalue weighted by Gasteiger charge is -2.00. The van der Waals surface area contributed by atoms with E-state index in [-0.39, 0.29) is 18.0 Å². The fourth-order valence-electron chi connectivity index (χ4n) is 2.41. The number of aromatic nitrogens is 1. The van der Waals surface area contributed by atoms with E-state index in [0.29, 0.717) is 10.6 Å². The van der Waals surface area contributed by atoms with E-state index in [1.807, 2.05) is 24.3 Å². The second-order valence-electron chi connectivity index (χ2n) is 5.29. The first-order valence-electron chi connectivity index (χ1n) is 7.35. The van der Waals surface area contributed by atoms with Gasteiger partial charge in [0.25, 0.3) is 5.69 Å². The van der Waals surface area contributed by atoms with Crippen molar-refractivity contribution in [2.45, 2.75) is 6.42 Å². The molecule has 0 saturated heterocycles. The number of rotatable bonds is 5. The zero-order chi connectivity index (χ0) is 17.8. The third-order valence-electron chi connectivity index (χ3n) is 3.61. The predicted octanol–water partition coefficient (Wildman–Crippen LogP) is 3.42. The number of H-pyrrole nitrogens is 1. The summed E-state index contributed by atoms with van der Waals surface area (Å²) in [6, 6.07) is 11.7. The van der Waals surface area contributed by atoms with Crippen molar-refractivity contribution >= 4 is 40.3 Å². The molecule has 1 heterocycles. The third-order valence-corrected chi connectivity index (χ3v) is 3.95. The van der Waals surface area contributed by atoms with Crippen LogP contribution < -0.4 is 5.43 Å². The summed E-state index contributed by atoms with van der Waals surface area (Å²) in [5.41, 5.74) is 4.46. The van der Waals surface area contributed by atoms with Gasteiger partial charge >= 0.3 is 0 Å². The summed E-state index contributed by atoms with van der Waals surface area (Å²) in [6.07, 6.45) is 3.22. The lowest BCUT2D eigenvalue weighted by molar-refractivity contribution is -0.384. The van der Waals surface area contributed by atoms with Crippen molar-refractivity contribution in [2.24, 2.45) is 5.10 Å². The molecule has 1 amide bonds. The highest BCUT2D eigenvalue weighted by Gasteiger charge is 2.09. The minimum absolute atomic E-state index is 0.101. The number of non-ortho nitro benzene ring substituents is 1. The van der Waals surface area contributed by atoms with Gasteiger partial charge in [-0.1, -0.05) is 29.8 Å². The molecule has 1 aromatic heterocycles. The number of nitrogens with one attached hydrogen (secondary N) is 2. The highest BCUT2D eigenvalue weighted by Crippen LogP contribution is 2.20. The predicted molar refractivity (Wildman–Crippen MR) is 95.8 cm³/mol. The van der Waals surface area contributed by atoms with Crippen LogP contribution in [0.25, 0.3) is 10.9 Å². The Balaban J connectivity index is 1.67. The van der Waals surface area contributed by atoms with Crippen molar-refractivity contribution in [1.82, 2.24) is 10.4 Å². The van der Waals surface area contributed by atoms with E-state index in [0.717, 1.165) is 16.5 Å². The van der Waals surface area contributed by atoms with Crippen LogP contribution in [-0.4, -0.2) is 22.0 Å². The highest BCUT2D eigenvalue weighted by atomic mass is 35.5. The lowest BCUT2D eigenvalue weighted by Crippen LogP contribution is -2.19. The molecule has 0 atom stereocenters. The largest absolute Gasteiger partial charge is 0.361 e. The lowest BCUT2D eigenvalue weighted by atomic mass is 10.1. The molecule has 0 fully saturated rings. The number of halogens is 1. The van der Waals surface area contributed by atoms with Crippen LogP contribution in [0.3, 0.4) is 0 Å². The van der Waals surface area contributed by atoms with Gasteiger partial charge in [-0.05, 0) is 17.7 Å². The minimum atomic E-state index is -0.525. The maximum atomic E-state index is 12.0. The van der Waals surface area contributed by atoms with Crippen LogP contribution in [0.2, 0.25) is 5.02 Å². The summed E-state index contributed by atoms with van der Waals surface area (Å²) in [5, 5.41) is 15.9. The fourth-order valence-corrected chi connectivity index (χ4v) is 2.57. The number of aromatic amines is 1. The molecular formula is C17H13ClN4O3. The first kappa shape index (κ1) is 16.7. The minimum Gasteiger partial charge on any atom is -0.361 e. The van der Waals surface area contributed by atoms with Gasteiger partial charge in [-0.25, -0.2) is 5.43 Å². The fraction of sp³-hybridized carbons (Fsp3) is 0.0588. The Labute approximate surface area is 147 Å². The molecule has 3 aromatic rings. The monoisotopic (exact) mass is 356 g/mol. The maximum Gasteiger partial charge on any atom is 0.270 e. The van der Waals surface area contributed by atoms with E-state index in [2.05, 4.69) is 15.5 Å². The van der Waals surface area contributed by atoms with Crippen molar-refractivity contribution in [3.63, 3.8) is 0 Å². The Hall–Kier alpha value is -3.19. The third kappa shape index (κ3) is 3.84. The van der Waals surface area contributed by atoms with Gasteiger partial charge in [0, 0.05) is 39.8 Å². The summed E-state index contributed by atoms with van der Waals surface area (Å²) in [7, 11) is 0. The molecule has 25 heavy (non-hydrogen) atoms. The van der Waals surface area contributed by atoms with E-state index in [9.17, 15) is 14.9 Å². The van der Waals surface area contributed by atoms with Crippen LogP contribution in [0, 0.1) is 10.1 Å². The van der Waals surface area contributed by atoms with E-state index in [1.165, 1.54) is 24.4 Å². The first-order valence-corrected chi connectivity index (χ1v) is 7.73. The van der Waals surface area contributed by atoms with Gasteiger partial charge in [0.05, 0.1) is 17.6 Å². The second-order valence-corrected chi connectivity index (χ2v) is 5.70. The number of hydrazone groups is 1. The molecule has 2 N–H and O–H groups in total. The smallest absolute Gasteiger partial charge is 0.270 e. The van der Waals surface area contributed by atoms with Crippen molar-refractivity contribution in [3.8, 4) is 0 Å². The number of carbonyl (C=O) groups is 1. The maximum absolute atomic E-state index is 12.0. The molecular weight excluding hydrogens is 344 g/mol. The number of carbonyl (C=O) groups excluding carboxylic acids is 1. The molecule has 126 valence electrons. The second kappa shape index (κ2) is 7.14. The first-order chi connectivity index (χ1) is 12.0. The van der Waals surface area contributed by atoms with Crippen molar-refractivity contribution in [1.29, 1.82) is 0 Å². The number of nitrogens with zero attached hydrogens (tertiary/aromatic N) is 2. The molecule has 0 unspecified atom stereocenters. The Morgan fingerprint density at radius 1 is 1.32 bits per heavy atom. The van der Waals surface area contributed by atoms with Crippen LogP contribution in [0.15, 0.2) is 53.8 Å². The van der Waals surface area contributed by atoms with E-state index >= 15 is 0 Å². The van der Waals surface area contributed by atoms with Gasteiger partial charge in [0.15, 0.2) is 0 Å². The molecule has 2 aromatic carbocycles. The van der Waals surface area contributed by atoms with Gasteiger partial charge in [-0.3, -0.25) is 14.9 Å². The van der Waals surface area contributed by atoms with Gasteiger partial charge in [0.1, 0.15) is 0 Å². The van der Waals surface area contributed by atoms with Gasteiger partial charge in [-0.15, -0.1) is 0 Å². The van der Waals surface area contributed by atoms with Crippen molar-refractivity contribution in [3.05, 3.63) is 74.9 Å². The zero-order valence-electron chi connectivity index (χ0n) is 12.9. The molecule has 0 aliphatic carbocycles. The van der Waals surface area contributed by atoms with Crippen LogP contribution >= 0.6 is 11.6 Å². The molecule has 0 saturated carbocycles. The van der Waals surface area contributed by atoms with Crippen molar-refractivity contribution < 1.29 is 9.72 Å². The normalized spacial score (nSPS) is 11.1. The number of amides is 1. The number of hydrogen-bond acceptors (Lipinski definition) is 4. The number of fused-ring (bicyclic) bond motifs is 1. The van der Waals surface area contributed by atoms with Gasteiger partial charge in [0.2, 0.25) is 5.91 Å². The van der Waals surface area contributed by atoms with Gasteiger partial charge < -0.3 is 4.98 Å². The summed E-state index contributed by atoms with van der Waals surface area (Å²) >= 11 is 5.97. The highest BCUT2D eigenvalue weighted by molar-refractivity contribution is 6.33. The summed E-state index contributed by atoms with van der Waals surface area (Å²) < 4.78 is 0. The average molecular weight is 357 g/mol. The Bertz CT molecular complexity index is 981. The molecule has 0 radical (unpaired) electrons. The summed E-state index contributed by atoms with van der Waals surface area (Å²) in [4.78, 5) is 25.4. The van der Waals surface area contributed by atoms with Crippen molar-refractivity contribution in [2.75, 3.05) is 0 Å². The molecule has 0 aliphatic heterocycles. The quantitative estimate of drug-likeness (QED) is 0.416. The summed E-state index contributed by atoms with van der Waals surface area (Å²) in [6.45, 7) is 0. The van der Waals surface area contributed by atoms with E-state index in [1.54, 1.807) is 6.20 Å². The topological polar surface area (TPSA) is 100 Å². The molecule has 0 spiro atoms. The molecule has 0 aliphatic rings. The standard InChI is InChI=1S/C17H13ClN4O3/c18-15-6-5-13(22(24)25)7-12(15)10-20-21-17(23)8-11-9-19-16-4-2-1-3-14(11)16/h1-7,9-10,19H,8H2,(H,21,23)/b20-10+. The van der Waals surface area contributed by atoms with Crippen LogP contribution in [-0.2, 0) is 11.2 Å². The number of hydrogen-bond donors (Lipinski definition) is 2. The zero-order valence-corrected chi connectivity index (χ0v) is 13.7. The summed E-state index contributed by atoms with van der Waals surface area (Å²) in [5.74, 6) is -0.303. The number of benzene rings is 2. The molecule has 0 bridgehead atoms. The van der Waals surface area contributed by atoms with E-state index in [4.69, 9.17) is 11.6 Å². The number of nitro groups is 1. The van der Waals surface area contributed by atoms with Crippen LogP contribution in [0.5, 0.6) is 0 Å². The van der Waals surface area contributed by atoms with Crippen LogP contribution in [0.1, 0.15) is 11.1 Å². The Morgan fingerprint density at radius 3 is 2.92 bits per heavy atom. The Morgan fingerprint density at radius 2 is 2.12 bits per heavy atom. The molecule has 7 nitrogen and oxygen atoms in total. The van der Waals surface area contributed by atoms with E-state index < -0.39 is 4.92 Å². The Kier molecular flexibility index (Phi) is 4.76. The number of para-hydroxylation sites is 1. The molecule has 8 heteroatoms. The van der Waals surface area contributed by atoms with Crippen LogP contribution in [0.4, 0.5) is 5.69 Å². The van der Waals surface area contributed by atoms with Gasteiger partial charge in [-0.2, -0.15) is 5.10 Å². The average Bonchev–Trinajstić information content (AvgIpc) is 2.99. The number of nitro benzene ring substituents is 1. The SMILES string of the molecule is O=C(Cc1c[nH]c2ccccc12)N/N=C/c1cc([N+](=O)[O-])ccc1Cl.